The van der Waals surface area contributed by atoms with Crippen molar-refractivity contribution in [2.75, 3.05) is 0 Å². The second-order valence-electron chi connectivity index (χ2n) is 6.18. The largest absolute Gasteiger partial charge is 0.320 e. The molecular formula is C16H21N3O. The van der Waals surface area contributed by atoms with Gasteiger partial charge in [-0.15, -0.1) is 0 Å². The quantitative estimate of drug-likeness (QED) is 0.881. The van der Waals surface area contributed by atoms with E-state index in [9.17, 15) is 4.79 Å². The van der Waals surface area contributed by atoms with Crippen molar-refractivity contribution in [3.8, 4) is 0 Å². The normalized spacial score (nSPS) is 13.2. The summed E-state index contributed by atoms with van der Waals surface area (Å²) in [6, 6.07) is 9.27. The maximum absolute atomic E-state index is 12.0. The molecule has 2 aromatic rings. The van der Waals surface area contributed by atoms with E-state index in [0.29, 0.717) is 5.56 Å². The Morgan fingerprint density at radius 2 is 1.80 bits per heavy atom. The fourth-order valence-corrected chi connectivity index (χ4v) is 1.99. The topological polar surface area (TPSA) is 71.8 Å². The molecule has 20 heavy (non-hydrogen) atoms. The van der Waals surface area contributed by atoms with E-state index in [1.165, 1.54) is 5.56 Å². The van der Waals surface area contributed by atoms with Gasteiger partial charge in [0.2, 0.25) is 0 Å². The summed E-state index contributed by atoms with van der Waals surface area (Å²) >= 11 is 0. The maximum atomic E-state index is 12.0. The van der Waals surface area contributed by atoms with Gasteiger partial charge in [0.15, 0.2) is 0 Å². The molecular weight excluding hydrogens is 250 g/mol. The van der Waals surface area contributed by atoms with Crippen LogP contribution in [-0.4, -0.2) is 10.2 Å². The Kier molecular flexibility index (Phi) is 3.77. The zero-order chi connectivity index (χ0) is 14.9. The van der Waals surface area contributed by atoms with Crippen LogP contribution in [-0.2, 0) is 5.41 Å². The van der Waals surface area contributed by atoms with Crippen molar-refractivity contribution in [3.05, 3.63) is 63.1 Å². The molecule has 0 spiro atoms. The van der Waals surface area contributed by atoms with Crippen LogP contribution in [0.25, 0.3) is 0 Å². The molecule has 1 heterocycles. The summed E-state index contributed by atoms with van der Waals surface area (Å²) < 4.78 is 0. The third kappa shape index (κ3) is 2.96. The maximum Gasteiger partial charge on any atom is 0.269 e. The third-order valence-electron chi connectivity index (χ3n) is 3.37. The van der Waals surface area contributed by atoms with E-state index in [4.69, 9.17) is 5.73 Å². The Morgan fingerprint density at radius 1 is 1.20 bits per heavy atom. The van der Waals surface area contributed by atoms with Gasteiger partial charge in [-0.05, 0) is 18.6 Å². The van der Waals surface area contributed by atoms with Gasteiger partial charge in [-0.3, -0.25) is 4.79 Å². The number of aromatic amines is 1. The molecule has 0 saturated heterocycles. The van der Waals surface area contributed by atoms with Crippen LogP contribution in [0.5, 0.6) is 0 Å². The minimum Gasteiger partial charge on any atom is -0.320 e. The van der Waals surface area contributed by atoms with Crippen molar-refractivity contribution in [1.82, 2.24) is 10.2 Å². The number of nitrogens with two attached hydrogens (primary N) is 1. The zero-order valence-corrected chi connectivity index (χ0v) is 12.4. The van der Waals surface area contributed by atoms with Gasteiger partial charge in [-0.1, -0.05) is 50.6 Å². The molecule has 3 N–H and O–H groups in total. The van der Waals surface area contributed by atoms with E-state index in [0.717, 1.165) is 11.3 Å². The van der Waals surface area contributed by atoms with Crippen molar-refractivity contribution in [1.29, 1.82) is 0 Å². The third-order valence-corrected chi connectivity index (χ3v) is 3.37. The average Bonchev–Trinajstić information content (AvgIpc) is 2.38. The van der Waals surface area contributed by atoms with Crippen LogP contribution in [0, 0.1) is 6.92 Å². The average molecular weight is 271 g/mol. The summed E-state index contributed by atoms with van der Waals surface area (Å²) in [5.74, 6) is 0. The molecule has 0 amide bonds. The highest BCUT2D eigenvalue weighted by molar-refractivity contribution is 5.33. The van der Waals surface area contributed by atoms with Gasteiger partial charge >= 0.3 is 0 Å². The lowest BCUT2D eigenvalue weighted by atomic mass is 9.90. The predicted octanol–water partition coefficient (Wildman–Crippen LogP) is 2.42. The summed E-state index contributed by atoms with van der Waals surface area (Å²) in [5.41, 5.74) is 9.34. The van der Waals surface area contributed by atoms with Crippen LogP contribution in [0.15, 0.2) is 35.1 Å². The molecule has 2 rings (SSSR count). The first-order valence-electron chi connectivity index (χ1n) is 6.71. The lowest BCUT2D eigenvalue weighted by Crippen LogP contribution is -2.27. The Labute approximate surface area is 119 Å². The van der Waals surface area contributed by atoms with Gasteiger partial charge in [-0.2, -0.15) is 5.10 Å². The fourth-order valence-electron chi connectivity index (χ4n) is 1.99. The Bertz CT molecular complexity index is 651. The van der Waals surface area contributed by atoms with Crippen LogP contribution < -0.4 is 11.3 Å². The Balaban J connectivity index is 2.46. The number of hydrogen-bond acceptors (Lipinski definition) is 3. The number of nitrogens with one attached hydrogen (secondary N) is 1. The van der Waals surface area contributed by atoms with Crippen molar-refractivity contribution >= 4 is 0 Å². The summed E-state index contributed by atoms with van der Waals surface area (Å²) in [5, 5.41) is 6.66. The van der Waals surface area contributed by atoms with Crippen LogP contribution in [0.2, 0.25) is 0 Å². The molecule has 1 atom stereocenters. The molecule has 4 heteroatoms. The first kappa shape index (κ1) is 14.5. The second-order valence-corrected chi connectivity index (χ2v) is 6.18. The molecule has 106 valence electrons. The number of benzene rings is 1. The van der Waals surface area contributed by atoms with Gasteiger partial charge in [0, 0.05) is 11.0 Å². The van der Waals surface area contributed by atoms with Crippen molar-refractivity contribution < 1.29 is 0 Å². The molecule has 0 fully saturated rings. The smallest absolute Gasteiger partial charge is 0.269 e. The minimum atomic E-state index is -0.441. The molecule has 1 aromatic heterocycles. The first-order chi connectivity index (χ1) is 9.29. The van der Waals surface area contributed by atoms with Crippen LogP contribution in [0.1, 0.15) is 49.2 Å². The van der Waals surface area contributed by atoms with Crippen molar-refractivity contribution in [2.45, 2.75) is 39.2 Å². The molecule has 0 saturated carbocycles. The number of H-pyrrole nitrogens is 1. The van der Waals surface area contributed by atoms with E-state index in [1.54, 1.807) is 0 Å². The highest BCUT2D eigenvalue weighted by Gasteiger charge is 2.20. The van der Waals surface area contributed by atoms with Crippen LogP contribution in [0.3, 0.4) is 0 Å². The monoisotopic (exact) mass is 271 g/mol. The molecule has 0 aliphatic heterocycles. The van der Waals surface area contributed by atoms with Crippen LogP contribution >= 0.6 is 0 Å². The van der Waals surface area contributed by atoms with Gasteiger partial charge in [0.1, 0.15) is 0 Å². The predicted molar refractivity (Wildman–Crippen MR) is 80.8 cm³/mol. The summed E-state index contributed by atoms with van der Waals surface area (Å²) in [4.78, 5) is 12.0. The molecule has 0 aliphatic rings. The second kappa shape index (κ2) is 5.21. The van der Waals surface area contributed by atoms with Gasteiger partial charge in [0.05, 0.1) is 11.7 Å². The van der Waals surface area contributed by atoms with E-state index in [-0.39, 0.29) is 11.0 Å². The minimum absolute atomic E-state index is 0.133. The Morgan fingerprint density at radius 3 is 2.35 bits per heavy atom. The van der Waals surface area contributed by atoms with Crippen LogP contribution in [0.4, 0.5) is 0 Å². The van der Waals surface area contributed by atoms with Crippen molar-refractivity contribution in [3.63, 3.8) is 0 Å². The van der Waals surface area contributed by atoms with E-state index >= 15 is 0 Å². The Hall–Kier alpha value is -1.94. The lowest BCUT2D eigenvalue weighted by Gasteiger charge is -2.19. The standard InChI is InChI=1S/C16H21N3O/c1-10-5-7-11(8-6-10)14(17)12-9-13(16(2,3)4)18-19-15(12)20/h5-9,14H,17H2,1-4H3,(H,19,20). The highest BCUT2D eigenvalue weighted by Crippen LogP contribution is 2.22. The van der Waals surface area contributed by atoms with Gasteiger partial charge < -0.3 is 5.73 Å². The molecule has 0 aliphatic carbocycles. The SMILES string of the molecule is Cc1ccc(C(N)c2cc(C(C)(C)C)n[nH]c2=O)cc1. The lowest BCUT2D eigenvalue weighted by molar-refractivity contribution is 0.553. The zero-order valence-electron chi connectivity index (χ0n) is 12.4. The summed E-state index contributed by atoms with van der Waals surface area (Å²) in [6.45, 7) is 8.17. The highest BCUT2D eigenvalue weighted by atomic mass is 16.1. The van der Waals surface area contributed by atoms with Gasteiger partial charge in [-0.25, -0.2) is 5.10 Å². The van der Waals surface area contributed by atoms with Gasteiger partial charge in [0.25, 0.3) is 5.56 Å². The molecule has 0 bridgehead atoms. The molecule has 4 nitrogen and oxygen atoms in total. The molecule has 1 aromatic carbocycles. The number of nitrogens with zero attached hydrogens (tertiary/aromatic N) is 1. The summed E-state index contributed by atoms with van der Waals surface area (Å²) in [6.07, 6.45) is 0. The number of rotatable bonds is 2. The van der Waals surface area contributed by atoms with Crippen molar-refractivity contribution in [2.24, 2.45) is 5.73 Å². The number of aryl methyl sites for hydroxylation is 1. The first-order valence-corrected chi connectivity index (χ1v) is 6.71. The number of hydrogen-bond donors (Lipinski definition) is 2. The van der Waals surface area contributed by atoms with E-state index in [1.807, 2.05) is 37.3 Å². The molecule has 1 unspecified atom stereocenters. The summed E-state index contributed by atoms with van der Waals surface area (Å²) in [7, 11) is 0. The number of aromatic nitrogens is 2. The fraction of sp³-hybridized carbons (Fsp3) is 0.375. The van der Waals surface area contributed by atoms with E-state index < -0.39 is 6.04 Å². The van der Waals surface area contributed by atoms with E-state index in [2.05, 4.69) is 31.0 Å². The molecule has 0 radical (unpaired) electrons.